The van der Waals surface area contributed by atoms with Crippen LogP contribution >= 0.6 is 7.82 Å². The molecule has 3 N–H and O–H groups in total. The SMILES string of the molecule is CC/C=C/C=C/C=C/C=C/C=C/CCCCCC(=O)OCC(COP(=O)(O)OC[C@@H](O)CO)OC(=O)CCCCCCC/C=C/C=C/C=C/CC. The smallest absolute Gasteiger partial charge is 0.462 e. The van der Waals surface area contributed by atoms with E-state index < -0.39 is 51.8 Å². The Morgan fingerprint density at radius 1 is 0.588 bits per heavy atom. The molecule has 0 aromatic carbocycles. The van der Waals surface area contributed by atoms with Crippen LogP contribution in [0.1, 0.15) is 104 Å². The number of rotatable bonds is 32. The lowest BCUT2D eigenvalue weighted by molar-refractivity contribution is -0.161. The van der Waals surface area contributed by atoms with Gasteiger partial charge < -0.3 is 24.6 Å². The summed E-state index contributed by atoms with van der Waals surface area (Å²) in [5.74, 6) is -1.01. The molecule has 0 bridgehead atoms. The maximum absolute atomic E-state index is 12.5. The van der Waals surface area contributed by atoms with E-state index in [0.29, 0.717) is 12.8 Å². The molecule has 2 unspecified atom stereocenters. The molecule has 11 heteroatoms. The minimum absolute atomic E-state index is 0.144. The van der Waals surface area contributed by atoms with Crippen LogP contribution in [-0.2, 0) is 32.7 Å². The molecule has 0 fully saturated rings. The third-order valence-corrected chi connectivity index (χ3v) is 7.87. The van der Waals surface area contributed by atoms with E-state index in [2.05, 4.69) is 42.7 Å². The van der Waals surface area contributed by atoms with Gasteiger partial charge in [0.1, 0.15) is 12.7 Å². The van der Waals surface area contributed by atoms with E-state index in [-0.39, 0.29) is 19.4 Å². The van der Waals surface area contributed by atoms with Crippen LogP contribution in [0, 0.1) is 0 Å². The average molecular weight is 735 g/mol. The summed E-state index contributed by atoms with van der Waals surface area (Å²) in [6.07, 6.45) is 41.0. The highest BCUT2D eigenvalue weighted by Gasteiger charge is 2.27. The summed E-state index contributed by atoms with van der Waals surface area (Å²) in [6, 6.07) is 0. The fourth-order valence-electron chi connectivity index (χ4n) is 4.13. The van der Waals surface area contributed by atoms with Gasteiger partial charge in [-0.25, -0.2) is 4.57 Å². The molecule has 3 atom stereocenters. The zero-order valence-electron chi connectivity index (χ0n) is 30.8. The van der Waals surface area contributed by atoms with Crippen LogP contribution in [0.2, 0.25) is 0 Å². The van der Waals surface area contributed by atoms with Gasteiger partial charge in [-0.1, -0.05) is 137 Å². The number of unbranched alkanes of at least 4 members (excludes halogenated alkanes) is 8. The number of phosphoric ester groups is 1. The van der Waals surface area contributed by atoms with E-state index in [9.17, 15) is 24.2 Å². The van der Waals surface area contributed by atoms with Gasteiger partial charge >= 0.3 is 19.8 Å². The summed E-state index contributed by atoms with van der Waals surface area (Å²) >= 11 is 0. The van der Waals surface area contributed by atoms with Crippen molar-refractivity contribution in [3.63, 3.8) is 0 Å². The van der Waals surface area contributed by atoms with Crippen molar-refractivity contribution in [2.24, 2.45) is 0 Å². The molecule has 51 heavy (non-hydrogen) atoms. The van der Waals surface area contributed by atoms with Gasteiger partial charge in [0.05, 0.1) is 19.8 Å². The zero-order chi connectivity index (χ0) is 37.7. The maximum atomic E-state index is 12.5. The van der Waals surface area contributed by atoms with Crippen molar-refractivity contribution in [1.29, 1.82) is 0 Å². The minimum Gasteiger partial charge on any atom is -0.462 e. The number of esters is 2. The lowest BCUT2D eigenvalue weighted by Gasteiger charge is -2.20. The molecule has 0 aliphatic heterocycles. The molecule has 0 saturated heterocycles. The first-order valence-corrected chi connectivity index (χ1v) is 19.8. The number of allylic oxidation sites excluding steroid dienone is 16. The minimum atomic E-state index is -4.63. The molecule has 0 rings (SSSR count). The molecule has 288 valence electrons. The summed E-state index contributed by atoms with van der Waals surface area (Å²) in [7, 11) is -4.63. The van der Waals surface area contributed by atoms with Crippen LogP contribution in [0.15, 0.2) is 97.2 Å². The Morgan fingerprint density at radius 2 is 1.02 bits per heavy atom. The third kappa shape index (κ3) is 35.1. The molecule has 0 aliphatic rings. The van der Waals surface area contributed by atoms with E-state index >= 15 is 0 Å². The van der Waals surface area contributed by atoms with Gasteiger partial charge in [-0.15, -0.1) is 0 Å². The van der Waals surface area contributed by atoms with Gasteiger partial charge in [-0.05, 0) is 51.4 Å². The van der Waals surface area contributed by atoms with Crippen molar-refractivity contribution in [3.8, 4) is 0 Å². The van der Waals surface area contributed by atoms with Crippen molar-refractivity contribution < 1.29 is 47.8 Å². The van der Waals surface area contributed by atoms with Crippen LogP contribution < -0.4 is 0 Å². The molecule has 10 nitrogen and oxygen atoms in total. The van der Waals surface area contributed by atoms with Crippen LogP contribution in [0.25, 0.3) is 0 Å². The van der Waals surface area contributed by atoms with Crippen LogP contribution in [-0.4, -0.2) is 65.7 Å². The number of phosphoric acid groups is 1. The Balaban J connectivity index is 4.54. The Bertz CT molecular complexity index is 1170. The van der Waals surface area contributed by atoms with Crippen molar-refractivity contribution in [2.45, 2.75) is 116 Å². The Hall–Kier alpha value is -3.11. The van der Waals surface area contributed by atoms with Gasteiger partial charge in [0.2, 0.25) is 0 Å². The monoisotopic (exact) mass is 734 g/mol. The summed E-state index contributed by atoms with van der Waals surface area (Å²) in [5, 5.41) is 18.3. The zero-order valence-corrected chi connectivity index (χ0v) is 31.7. The Labute approximate surface area is 306 Å². The number of aliphatic hydroxyl groups excluding tert-OH is 2. The van der Waals surface area contributed by atoms with Gasteiger partial charge in [-0.2, -0.15) is 0 Å². The van der Waals surface area contributed by atoms with E-state index in [1.54, 1.807) is 0 Å². The predicted octanol–water partition coefficient (Wildman–Crippen LogP) is 8.88. The second-order valence-corrected chi connectivity index (χ2v) is 13.1. The number of hydrogen-bond donors (Lipinski definition) is 3. The van der Waals surface area contributed by atoms with Crippen molar-refractivity contribution in [3.05, 3.63) is 97.2 Å². The number of carbonyl (C=O) groups is 2. The number of carbonyl (C=O) groups excluding carboxylic acids is 2. The molecule has 0 heterocycles. The van der Waals surface area contributed by atoms with Crippen molar-refractivity contribution >= 4 is 19.8 Å². The first kappa shape index (κ1) is 47.9. The molecule has 0 radical (unpaired) electrons. The second-order valence-electron chi connectivity index (χ2n) is 11.7. The molecule has 0 aliphatic carbocycles. The molecule has 0 aromatic rings. The fraction of sp³-hybridized carbons (Fsp3) is 0.550. The first-order chi connectivity index (χ1) is 24.7. The Kier molecular flexibility index (Phi) is 33.1. The number of hydrogen-bond acceptors (Lipinski definition) is 9. The fourth-order valence-corrected chi connectivity index (χ4v) is 4.92. The topological polar surface area (TPSA) is 149 Å². The van der Waals surface area contributed by atoms with E-state index in [1.807, 2.05) is 72.9 Å². The normalized spacial score (nSPS) is 15.2. The van der Waals surface area contributed by atoms with Gasteiger partial charge in [-0.3, -0.25) is 18.6 Å². The predicted molar refractivity (Wildman–Crippen MR) is 205 cm³/mol. The molecule has 0 aromatic heterocycles. The summed E-state index contributed by atoms with van der Waals surface area (Å²) < 4.78 is 32.5. The van der Waals surface area contributed by atoms with Crippen molar-refractivity contribution in [2.75, 3.05) is 26.4 Å². The molecule has 0 amide bonds. The van der Waals surface area contributed by atoms with Crippen LogP contribution in [0.4, 0.5) is 0 Å². The van der Waals surface area contributed by atoms with Crippen molar-refractivity contribution in [1.82, 2.24) is 0 Å². The number of aliphatic hydroxyl groups is 2. The van der Waals surface area contributed by atoms with E-state index in [4.69, 9.17) is 19.1 Å². The lowest BCUT2D eigenvalue weighted by Crippen LogP contribution is -2.29. The van der Waals surface area contributed by atoms with Crippen LogP contribution in [0.3, 0.4) is 0 Å². The lowest BCUT2D eigenvalue weighted by atomic mass is 10.1. The first-order valence-electron chi connectivity index (χ1n) is 18.3. The van der Waals surface area contributed by atoms with E-state index in [1.165, 1.54) is 0 Å². The van der Waals surface area contributed by atoms with Gasteiger partial charge in [0.25, 0.3) is 0 Å². The average Bonchev–Trinajstić information content (AvgIpc) is 3.12. The Morgan fingerprint density at radius 3 is 1.55 bits per heavy atom. The standard InChI is InChI=1S/C40H63O10P/c1-3-5-7-9-11-13-15-17-18-20-21-23-25-27-29-31-39(43)47-35-38(36-49-51(45,46)48-34-37(42)33-41)50-40(44)32-30-28-26-24-22-19-16-14-12-10-8-6-4-2/h5-18,20-21,37-38,41-42H,3-4,19,22-36H2,1-2H3,(H,45,46)/b7-5+,8-6+,11-9+,12-10+,15-13+,16-14+,18-17+,21-20+/t37-,38?/m0/s1. The van der Waals surface area contributed by atoms with Gasteiger partial charge in [0, 0.05) is 12.8 Å². The summed E-state index contributed by atoms with van der Waals surface area (Å²) in [4.78, 5) is 34.8. The van der Waals surface area contributed by atoms with E-state index in [0.717, 1.165) is 64.2 Å². The highest BCUT2D eigenvalue weighted by Crippen LogP contribution is 2.43. The molecular formula is C40H63O10P. The second kappa shape index (κ2) is 35.3. The highest BCUT2D eigenvalue weighted by molar-refractivity contribution is 7.47. The molecule has 0 spiro atoms. The van der Waals surface area contributed by atoms with Gasteiger partial charge in [0.15, 0.2) is 6.10 Å². The maximum Gasteiger partial charge on any atom is 0.472 e. The summed E-state index contributed by atoms with van der Waals surface area (Å²) in [6.45, 7) is 1.97. The highest BCUT2D eigenvalue weighted by atomic mass is 31.2. The molecular weight excluding hydrogens is 671 g/mol. The quantitative estimate of drug-likeness (QED) is 0.0265. The largest absolute Gasteiger partial charge is 0.472 e. The summed E-state index contributed by atoms with van der Waals surface area (Å²) in [5.41, 5.74) is 0. The number of ether oxygens (including phenoxy) is 2. The molecule has 0 saturated carbocycles. The third-order valence-electron chi connectivity index (χ3n) is 6.92. The van der Waals surface area contributed by atoms with Crippen LogP contribution in [0.5, 0.6) is 0 Å².